The summed E-state index contributed by atoms with van der Waals surface area (Å²) in [5.74, 6) is 0.0358. The molecule has 0 aliphatic heterocycles. The largest absolute Gasteiger partial charge is 0.487 e. The van der Waals surface area contributed by atoms with E-state index in [0.29, 0.717) is 50.3 Å². The lowest BCUT2D eigenvalue weighted by atomic mass is 10.1. The Morgan fingerprint density at radius 1 is 0.644 bits per heavy atom. The van der Waals surface area contributed by atoms with E-state index in [4.69, 9.17) is 19.0 Å². The van der Waals surface area contributed by atoms with E-state index in [1.807, 2.05) is 0 Å². The van der Waals surface area contributed by atoms with Gasteiger partial charge in [0, 0.05) is 16.3 Å². The van der Waals surface area contributed by atoms with Crippen LogP contribution in [-0.2, 0) is 22.8 Å². The summed E-state index contributed by atoms with van der Waals surface area (Å²) in [4.78, 5) is 26.9. The minimum absolute atomic E-state index is 0.0323. The summed E-state index contributed by atoms with van der Waals surface area (Å²) in [5.41, 5.74) is 3.15. The van der Waals surface area contributed by atoms with Crippen LogP contribution in [0.25, 0.3) is 21.8 Å². The van der Waals surface area contributed by atoms with Gasteiger partial charge in [-0.25, -0.2) is 23.5 Å². The van der Waals surface area contributed by atoms with Gasteiger partial charge in [0.25, 0.3) is 0 Å². The molecule has 0 aliphatic rings. The highest BCUT2D eigenvalue weighted by Gasteiger charge is 2.18. The molecule has 6 aromatic rings. The van der Waals surface area contributed by atoms with E-state index in [2.05, 4.69) is 15.1 Å². The first kappa shape index (κ1) is 29.2. The number of pyridine rings is 2. The van der Waals surface area contributed by atoms with E-state index in [-0.39, 0.29) is 36.3 Å². The summed E-state index contributed by atoms with van der Waals surface area (Å²) in [7, 11) is 1.34. The van der Waals surface area contributed by atoms with Crippen molar-refractivity contribution in [3.63, 3.8) is 0 Å². The fraction of sp³-hybridized carbons (Fsp3) is 0.0857. The van der Waals surface area contributed by atoms with Crippen LogP contribution in [0.15, 0.2) is 114 Å². The number of nitrogens with zero attached hydrogens (tertiary/aromatic N) is 3. The van der Waals surface area contributed by atoms with Crippen LogP contribution in [0.3, 0.4) is 0 Å². The molecular formula is C35H25F2N3O5. The quantitative estimate of drug-likeness (QED) is 0.0707. The van der Waals surface area contributed by atoms with E-state index in [9.17, 15) is 13.6 Å². The standard InChI is InChI=1S/C35H25F2N3O5/c1-42-40-34(22-4-10-29(11-5-22)43-20-27-8-2-23-18-25(36)6-16-32(23)38-27)35(41)45-31-14-12-30(13-15-31)44-21-28-9-3-24-19-26(37)7-17-33(24)39-28/h2-19H,20-21H2,1H3. The second-order valence-corrected chi connectivity index (χ2v) is 9.86. The Bertz CT molecular complexity index is 2020. The molecule has 0 amide bonds. The predicted molar refractivity (Wildman–Crippen MR) is 164 cm³/mol. The minimum Gasteiger partial charge on any atom is -0.487 e. The Balaban J connectivity index is 1.04. The predicted octanol–water partition coefficient (Wildman–Crippen LogP) is 7.18. The van der Waals surface area contributed by atoms with Crippen LogP contribution in [0.2, 0.25) is 0 Å². The van der Waals surface area contributed by atoms with Crippen molar-refractivity contribution in [1.82, 2.24) is 9.97 Å². The zero-order chi connectivity index (χ0) is 31.2. The molecule has 224 valence electrons. The fourth-order valence-electron chi connectivity index (χ4n) is 4.52. The normalized spacial score (nSPS) is 11.4. The maximum atomic E-state index is 13.4. The van der Waals surface area contributed by atoms with Gasteiger partial charge in [0.15, 0.2) is 5.71 Å². The number of ether oxygens (including phenoxy) is 3. The van der Waals surface area contributed by atoms with Crippen LogP contribution in [0.5, 0.6) is 17.2 Å². The van der Waals surface area contributed by atoms with Gasteiger partial charge in [-0.1, -0.05) is 17.3 Å². The molecule has 8 nitrogen and oxygen atoms in total. The smallest absolute Gasteiger partial charge is 0.366 e. The molecule has 45 heavy (non-hydrogen) atoms. The van der Waals surface area contributed by atoms with Crippen molar-refractivity contribution in [1.29, 1.82) is 0 Å². The van der Waals surface area contributed by atoms with Gasteiger partial charge in [-0.05, 0) is 97.1 Å². The molecule has 0 aliphatic carbocycles. The van der Waals surface area contributed by atoms with Crippen LogP contribution in [-0.4, -0.2) is 28.8 Å². The van der Waals surface area contributed by atoms with Crippen molar-refractivity contribution < 1.29 is 32.6 Å². The van der Waals surface area contributed by atoms with Gasteiger partial charge in [0.05, 0.1) is 22.4 Å². The van der Waals surface area contributed by atoms with E-state index in [1.54, 1.807) is 84.9 Å². The van der Waals surface area contributed by atoms with Gasteiger partial charge in [-0.15, -0.1) is 0 Å². The van der Waals surface area contributed by atoms with Crippen molar-refractivity contribution in [3.05, 3.63) is 138 Å². The molecule has 4 aromatic carbocycles. The number of esters is 1. The van der Waals surface area contributed by atoms with Crippen LogP contribution in [0.1, 0.15) is 17.0 Å². The lowest BCUT2D eigenvalue weighted by molar-refractivity contribution is -0.127. The number of fused-ring (bicyclic) bond motifs is 2. The number of halogens is 2. The molecule has 6 rings (SSSR count). The molecule has 0 fully saturated rings. The molecule has 2 aromatic heterocycles. The molecule has 10 heteroatoms. The Morgan fingerprint density at radius 2 is 1.13 bits per heavy atom. The molecular weight excluding hydrogens is 580 g/mol. The number of rotatable bonds is 10. The summed E-state index contributed by atoms with van der Waals surface area (Å²) in [6.07, 6.45) is 0. The summed E-state index contributed by atoms with van der Waals surface area (Å²) in [6.45, 7) is 0.407. The highest BCUT2D eigenvalue weighted by Crippen LogP contribution is 2.22. The highest BCUT2D eigenvalue weighted by atomic mass is 19.1. The zero-order valence-corrected chi connectivity index (χ0v) is 23.9. The van der Waals surface area contributed by atoms with E-state index in [1.165, 1.54) is 31.4 Å². The Kier molecular flexibility index (Phi) is 8.54. The molecule has 0 radical (unpaired) electrons. The molecule has 2 heterocycles. The average molecular weight is 606 g/mol. The number of benzene rings is 4. The van der Waals surface area contributed by atoms with Crippen molar-refractivity contribution in [2.75, 3.05) is 7.11 Å². The number of carbonyl (C=O) groups excluding carboxylic acids is 1. The molecule has 0 unspecified atom stereocenters. The first-order valence-electron chi connectivity index (χ1n) is 13.8. The van der Waals surface area contributed by atoms with Crippen molar-refractivity contribution in [3.8, 4) is 17.2 Å². The molecule has 0 saturated heterocycles. The third-order valence-electron chi connectivity index (χ3n) is 6.73. The van der Waals surface area contributed by atoms with Crippen molar-refractivity contribution in [2.24, 2.45) is 5.16 Å². The van der Waals surface area contributed by atoms with Gasteiger partial charge in [0.2, 0.25) is 0 Å². The Morgan fingerprint density at radius 3 is 1.64 bits per heavy atom. The van der Waals surface area contributed by atoms with Gasteiger partial charge in [0.1, 0.15) is 49.2 Å². The number of carbonyl (C=O) groups is 1. The first-order valence-corrected chi connectivity index (χ1v) is 13.8. The second kappa shape index (κ2) is 13.2. The topological polar surface area (TPSA) is 92.1 Å². The second-order valence-electron chi connectivity index (χ2n) is 9.86. The summed E-state index contributed by atoms with van der Waals surface area (Å²) in [6, 6.07) is 29.2. The molecule has 0 saturated carbocycles. The van der Waals surface area contributed by atoms with E-state index >= 15 is 0 Å². The van der Waals surface area contributed by atoms with Gasteiger partial charge >= 0.3 is 5.97 Å². The third kappa shape index (κ3) is 7.19. The molecule has 0 bridgehead atoms. The highest BCUT2D eigenvalue weighted by molar-refractivity contribution is 6.43. The fourth-order valence-corrected chi connectivity index (χ4v) is 4.52. The van der Waals surface area contributed by atoms with Gasteiger partial charge < -0.3 is 19.0 Å². The summed E-state index contributed by atoms with van der Waals surface area (Å²) < 4.78 is 44.0. The third-order valence-corrected chi connectivity index (χ3v) is 6.73. The van der Waals surface area contributed by atoms with Crippen LogP contribution in [0, 0.1) is 11.6 Å². The minimum atomic E-state index is -0.715. The SMILES string of the molecule is CON=C(C(=O)Oc1ccc(OCc2ccc3cc(F)ccc3n2)cc1)c1ccc(OCc2ccc3cc(F)ccc3n2)cc1. The Hall–Kier alpha value is -5.90. The van der Waals surface area contributed by atoms with Gasteiger partial charge in [-0.3, -0.25) is 0 Å². The lowest BCUT2D eigenvalue weighted by Gasteiger charge is -2.10. The van der Waals surface area contributed by atoms with Crippen LogP contribution in [0.4, 0.5) is 8.78 Å². The molecule has 0 atom stereocenters. The van der Waals surface area contributed by atoms with E-state index < -0.39 is 5.97 Å². The zero-order valence-electron chi connectivity index (χ0n) is 23.9. The van der Waals surface area contributed by atoms with Gasteiger partial charge in [-0.2, -0.15) is 0 Å². The number of hydrogen-bond donors (Lipinski definition) is 0. The maximum Gasteiger partial charge on any atom is 0.366 e. The maximum absolute atomic E-state index is 13.4. The van der Waals surface area contributed by atoms with Crippen LogP contribution < -0.4 is 14.2 Å². The van der Waals surface area contributed by atoms with E-state index in [0.717, 1.165) is 0 Å². The number of aromatic nitrogens is 2. The van der Waals surface area contributed by atoms with Crippen molar-refractivity contribution in [2.45, 2.75) is 13.2 Å². The molecule has 0 N–H and O–H groups in total. The number of hydrogen-bond acceptors (Lipinski definition) is 8. The first-order chi connectivity index (χ1) is 21.9. The monoisotopic (exact) mass is 605 g/mol. The number of oxime groups is 1. The summed E-state index contributed by atoms with van der Waals surface area (Å²) in [5, 5.41) is 5.28. The average Bonchev–Trinajstić information content (AvgIpc) is 3.06. The summed E-state index contributed by atoms with van der Waals surface area (Å²) >= 11 is 0. The van der Waals surface area contributed by atoms with Crippen molar-refractivity contribution >= 4 is 33.5 Å². The molecule has 0 spiro atoms. The van der Waals surface area contributed by atoms with Crippen LogP contribution >= 0.6 is 0 Å². The lowest BCUT2D eigenvalue weighted by Crippen LogP contribution is -2.22. The Labute approximate surface area is 256 Å².